The Morgan fingerprint density at radius 3 is 2.96 bits per heavy atom. The normalized spacial score (nSPS) is 17.8. The number of pyridine rings is 1. The van der Waals surface area contributed by atoms with Gasteiger partial charge in [-0.3, -0.25) is 9.69 Å². The highest BCUT2D eigenvalue weighted by molar-refractivity contribution is 5.93. The highest BCUT2D eigenvalue weighted by Gasteiger charge is 2.23. The molecule has 0 spiro atoms. The first-order valence-corrected chi connectivity index (χ1v) is 8.34. The second kappa shape index (κ2) is 8.67. The number of likely N-dealkylation sites (tertiary alicyclic amines) is 1. The molecule has 1 amide bonds. The average Bonchev–Trinajstić information content (AvgIpc) is 3.00. The van der Waals surface area contributed by atoms with E-state index >= 15 is 0 Å². The van der Waals surface area contributed by atoms with Crippen LogP contribution in [-0.2, 0) is 0 Å². The molecular weight excluding hydrogens is 290 g/mol. The van der Waals surface area contributed by atoms with Crippen LogP contribution in [-0.4, -0.2) is 48.1 Å². The third-order valence-electron chi connectivity index (χ3n) is 4.12. The third-order valence-corrected chi connectivity index (χ3v) is 4.12. The number of nitrogens with one attached hydrogen (secondary N) is 1. The lowest BCUT2D eigenvalue weighted by molar-refractivity contribution is 0.0941. The summed E-state index contributed by atoms with van der Waals surface area (Å²) in [5.41, 5.74) is 1.77. The molecule has 1 atom stereocenters. The maximum Gasteiger partial charge on any atom is 0.252 e. The van der Waals surface area contributed by atoms with Gasteiger partial charge < -0.3 is 10.1 Å². The van der Waals surface area contributed by atoms with Gasteiger partial charge in [0.25, 0.3) is 5.91 Å². The molecule has 1 N–H and O–H groups in total. The third kappa shape index (κ3) is 5.36. The van der Waals surface area contributed by atoms with Crippen molar-refractivity contribution in [2.24, 2.45) is 0 Å². The van der Waals surface area contributed by atoms with E-state index in [0.29, 0.717) is 30.6 Å². The zero-order chi connectivity index (χ0) is 16.7. The van der Waals surface area contributed by atoms with E-state index in [1.54, 1.807) is 18.3 Å². The smallest absolute Gasteiger partial charge is 0.252 e. The van der Waals surface area contributed by atoms with Crippen molar-refractivity contribution in [1.29, 1.82) is 0 Å². The predicted molar refractivity (Wildman–Crippen MR) is 91.8 cm³/mol. The molecule has 23 heavy (non-hydrogen) atoms. The summed E-state index contributed by atoms with van der Waals surface area (Å²) in [7, 11) is 0. The first-order chi connectivity index (χ1) is 11.1. The number of hydrogen-bond acceptors (Lipinski definition) is 4. The number of nitrogens with zero attached hydrogens (tertiary/aromatic N) is 2. The molecule has 1 unspecified atom stereocenters. The fourth-order valence-electron chi connectivity index (χ4n) is 2.75. The second-order valence-corrected chi connectivity index (χ2v) is 6.11. The van der Waals surface area contributed by atoms with Gasteiger partial charge >= 0.3 is 0 Å². The fraction of sp³-hybridized carbons (Fsp3) is 0.556. The molecule has 1 aromatic heterocycles. The number of allylic oxidation sites excluding steroid dienone is 1. The monoisotopic (exact) mass is 317 g/mol. The summed E-state index contributed by atoms with van der Waals surface area (Å²) in [6.45, 7) is 9.58. The average molecular weight is 317 g/mol. The van der Waals surface area contributed by atoms with Gasteiger partial charge in [-0.05, 0) is 51.9 Å². The van der Waals surface area contributed by atoms with Crippen LogP contribution in [0, 0.1) is 0 Å². The molecule has 2 rings (SSSR count). The summed E-state index contributed by atoms with van der Waals surface area (Å²) in [4.78, 5) is 18.8. The Hall–Kier alpha value is -1.88. The molecule has 1 saturated heterocycles. The summed E-state index contributed by atoms with van der Waals surface area (Å²) in [6.07, 6.45) is 5.93. The van der Waals surface area contributed by atoms with Crippen molar-refractivity contribution in [3.05, 3.63) is 35.5 Å². The molecule has 0 aromatic carbocycles. The number of likely N-dealkylation sites (N-methyl/N-ethyl adjacent to an activating group) is 1. The lowest BCUT2D eigenvalue weighted by atomic mass is 10.2. The molecule has 1 aliphatic rings. The number of aromatic nitrogens is 1. The van der Waals surface area contributed by atoms with Crippen LogP contribution in [0.2, 0.25) is 0 Å². The first kappa shape index (κ1) is 17.5. The first-order valence-electron chi connectivity index (χ1n) is 8.34. The van der Waals surface area contributed by atoms with Gasteiger partial charge in [0.15, 0.2) is 0 Å². The van der Waals surface area contributed by atoms with Crippen molar-refractivity contribution in [3.8, 4) is 5.88 Å². The summed E-state index contributed by atoms with van der Waals surface area (Å²) in [5.74, 6) is 0.461. The van der Waals surface area contributed by atoms with Crippen molar-refractivity contribution < 1.29 is 9.53 Å². The minimum absolute atomic E-state index is 0.0729. The molecule has 5 heteroatoms. The lowest BCUT2D eigenvalue weighted by Gasteiger charge is -2.22. The largest absolute Gasteiger partial charge is 0.473 e. The fourth-order valence-corrected chi connectivity index (χ4v) is 2.75. The maximum absolute atomic E-state index is 12.2. The van der Waals surface area contributed by atoms with Crippen molar-refractivity contribution in [3.63, 3.8) is 0 Å². The van der Waals surface area contributed by atoms with E-state index in [9.17, 15) is 4.79 Å². The number of hydrogen-bond donors (Lipinski definition) is 1. The molecule has 1 fully saturated rings. The van der Waals surface area contributed by atoms with Gasteiger partial charge in [0.2, 0.25) is 5.88 Å². The standard InChI is InChI=1S/C18H27N3O2/c1-4-21-10-5-6-16(21)13-20-18(22)15-7-8-17(19-12-15)23-11-9-14(2)3/h7-9,12,16H,4-6,10-11,13H2,1-3H3,(H,20,22). The van der Waals surface area contributed by atoms with Gasteiger partial charge in [0.1, 0.15) is 6.61 Å². The minimum atomic E-state index is -0.0729. The van der Waals surface area contributed by atoms with Gasteiger partial charge in [-0.25, -0.2) is 4.98 Å². The van der Waals surface area contributed by atoms with Crippen LogP contribution in [0.4, 0.5) is 0 Å². The Balaban J connectivity index is 1.81. The van der Waals surface area contributed by atoms with E-state index in [0.717, 1.165) is 19.5 Å². The maximum atomic E-state index is 12.2. The van der Waals surface area contributed by atoms with Gasteiger partial charge in [-0.15, -0.1) is 0 Å². The van der Waals surface area contributed by atoms with Crippen LogP contribution in [0.1, 0.15) is 44.0 Å². The Bertz CT molecular complexity index is 536. The topological polar surface area (TPSA) is 54.5 Å². The number of amides is 1. The molecule has 1 aromatic rings. The highest BCUT2D eigenvalue weighted by Crippen LogP contribution is 2.16. The zero-order valence-corrected chi connectivity index (χ0v) is 14.3. The Kier molecular flexibility index (Phi) is 6.59. The van der Waals surface area contributed by atoms with E-state index in [4.69, 9.17) is 4.74 Å². The van der Waals surface area contributed by atoms with Crippen LogP contribution in [0.3, 0.4) is 0 Å². The van der Waals surface area contributed by atoms with Gasteiger partial charge in [0.05, 0.1) is 5.56 Å². The molecule has 0 aliphatic carbocycles. The van der Waals surface area contributed by atoms with E-state index in [-0.39, 0.29) is 5.91 Å². The molecule has 2 heterocycles. The number of carbonyl (C=O) groups excluding carboxylic acids is 1. The quantitative estimate of drug-likeness (QED) is 0.786. The highest BCUT2D eigenvalue weighted by atomic mass is 16.5. The van der Waals surface area contributed by atoms with Crippen LogP contribution >= 0.6 is 0 Å². The van der Waals surface area contributed by atoms with Crippen molar-refractivity contribution >= 4 is 5.91 Å². The van der Waals surface area contributed by atoms with Crippen molar-refractivity contribution in [1.82, 2.24) is 15.2 Å². The Labute approximate surface area is 138 Å². The van der Waals surface area contributed by atoms with E-state index in [2.05, 4.69) is 22.1 Å². The second-order valence-electron chi connectivity index (χ2n) is 6.11. The summed E-state index contributed by atoms with van der Waals surface area (Å²) < 4.78 is 5.50. The molecule has 0 radical (unpaired) electrons. The molecule has 0 saturated carbocycles. The minimum Gasteiger partial charge on any atom is -0.473 e. The van der Waals surface area contributed by atoms with Crippen LogP contribution in [0.5, 0.6) is 5.88 Å². The van der Waals surface area contributed by atoms with Crippen LogP contribution in [0.25, 0.3) is 0 Å². The molecule has 0 bridgehead atoms. The summed E-state index contributed by atoms with van der Waals surface area (Å²) >= 11 is 0. The van der Waals surface area contributed by atoms with E-state index in [1.807, 2.05) is 19.9 Å². The molecular formula is C18H27N3O2. The van der Waals surface area contributed by atoms with Crippen LogP contribution < -0.4 is 10.1 Å². The molecule has 1 aliphatic heterocycles. The van der Waals surface area contributed by atoms with Gasteiger partial charge in [0, 0.05) is 24.8 Å². The van der Waals surface area contributed by atoms with Crippen LogP contribution in [0.15, 0.2) is 30.0 Å². The number of carbonyl (C=O) groups is 1. The number of ether oxygens (including phenoxy) is 1. The SMILES string of the molecule is CCN1CCCC1CNC(=O)c1ccc(OCC=C(C)C)nc1. The predicted octanol–water partition coefficient (Wildman–Crippen LogP) is 2.64. The zero-order valence-electron chi connectivity index (χ0n) is 14.3. The lowest BCUT2D eigenvalue weighted by Crippen LogP contribution is -2.40. The van der Waals surface area contributed by atoms with E-state index in [1.165, 1.54) is 12.0 Å². The van der Waals surface area contributed by atoms with Gasteiger partial charge in [-0.2, -0.15) is 0 Å². The summed E-state index contributed by atoms with van der Waals surface area (Å²) in [6, 6.07) is 3.96. The molecule has 5 nitrogen and oxygen atoms in total. The summed E-state index contributed by atoms with van der Waals surface area (Å²) in [5, 5.41) is 3.01. The Morgan fingerprint density at radius 2 is 2.30 bits per heavy atom. The molecule has 126 valence electrons. The Morgan fingerprint density at radius 1 is 1.48 bits per heavy atom. The number of rotatable bonds is 7. The van der Waals surface area contributed by atoms with Crippen molar-refractivity contribution in [2.75, 3.05) is 26.2 Å². The van der Waals surface area contributed by atoms with Crippen molar-refractivity contribution in [2.45, 2.75) is 39.7 Å². The van der Waals surface area contributed by atoms with E-state index < -0.39 is 0 Å². The van der Waals surface area contributed by atoms with Gasteiger partial charge in [-0.1, -0.05) is 12.5 Å².